The van der Waals surface area contributed by atoms with Crippen molar-refractivity contribution in [2.75, 3.05) is 0 Å². The molecule has 0 aliphatic carbocycles. The Morgan fingerprint density at radius 1 is 0.722 bits per heavy atom. The molecular formula is C27H15F6NOS. The van der Waals surface area contributed by atoms with E-state index in [9.17, 15) is 26.3 Å². The van der Waals surface area contributed by atoms with E-state index in [0.717, 1.165) is 38.5 Å². The molecule has 1 aromatic heterocycles. The van der Waals surface area contributed by atoms with Gasteiger partial charge in [-0.25, -0.2) is 22.5 Å². The molecule has 0 saturated heterocycles. The van der Waals surface area contributed by atoms with E-state index in [-0.39, 0.29) is 12.1 Å². The molecule has 0 aliphatic heterocycles. The van der Waals surface area contributed by atoms with Crippen molar-refractivity contribution in [2.24, 2.45) is 0 Å². The Morgan fingerprint density at radius 3 is 2.03 bits per heavy atom. The number of aryl methyl sites for hydroxylation is 1. The number of fused-ring (bicyclic) bond motifs is 1. The third-order valence-electron chi connectivity index (χ3n) is 5.50. The van der Waals surface area contributed by atoms with E-state index >= 15 is 0 Å². The highest BCUT2D eigenvalue weighted by Crippen LogP contribution is 2.36. The van der Waals surface area contributed by atoms with Gasteiger partial charge in [0, 0.05) is 17.7 Å². The van der Waals surface area contributed by atoms with Crippen LogP contribution in [-0.2, 0) is 6.11 Å². The van der Waals surface area contributed by atoms with E-state index in [1.165, 1.54) is 6.07 Å². The summed E-state index contributed by atoms with van der Waals surface area (Å²) >= 11 is 1.54. The van der Waals surface area contributed by atoms with E-state index < -0.39 is 40.7 Å². The van der Waals surface area contributed by atoms with Crippen molar-refractivity contribution in [3.05, 3.63) is 107 Å². The van der Waals surface area contributed by atoms with Crippen molar-refractivity contribution in [2.45, 2.75) is 13.0 Å². The number of aromatic nitrogens is 1. The molecule has 0 spiro atoms. The minimum absolute atomic E-state index is 0.257. The van der Waals surface area contributed by atoms with Crippen LogP contribution in [0.1, 0.15) is 11.1 Å². The van der Waals surface area contributed by atoms with Crippen LogP contribution in [0.15, 0.2) is 72.8 Å². The summed E-state index contributed by atoms with van der Waals surface area (Å²) in [5.74, 6) is -7.51. The molecule has 36 heavy (non-hydrogen) atoms. The van der Waals surface area contributed by atoms with Crippen LogP contribution < -0.4 is 4.74 Å². The van der Waals surface area contributed by atoms with Crippen molar-refractivity contribution >= 4 is 21.6 Å². The van der Waals surface area contributed by atoms with Crippen molar-refractivity contribution < 1.29 is 31.1 Å². The van der Waals surface area contributed by atoms with Crippen LogP contribution in [0, 0.1) is 30.2 Å². The molecule has 5 rings (SSSR count). The number of nitrogens with zero attached hydrogens (tertiary/aromatic N) is 1. The number of hydrogen-bond donors (Lipinski definition) is 0. The van der Waals surface area contributed by atoms with E-state index in [1.54, 1.807) is 35.6 Å². The van der Waals surface area contributed by atoms with Crippen LogP contribution in [0.25, 0.3) is 31.9 Å². The molecule has 4 aromatic carbocycles. The Morgan fingerprint density at radius 2 is 1.36 bits per heavy atom. The number of rotatable bonds is 5. The molecule has 0 radical (unpaired) electrons. The lowest BCUT2D eigenvalue weighted by atomic mass is 10.0. The lowest BCUT2D eigenvalue weighted by Gasteiger charge is -2.19. The van der Waals surface area contributed by atoms with Gasteiger partial charge in [-0.1, -0.05) is 36.4 Å². The van der Waals surface area contributed by atoms with E-state index in [0.29, 0.717) is 11.1 Å². The Balaban J connectivity index is 1.39. The standard InChI is InChI=1S/C27H15F6NOS/c1-14-2-9-23-24(10-14)36-26(34-23)16-5-3-15(4-6-16)17-7-8-19(20(28)11-17)27(32,33)35-18-12-21(29)25(31)22(30)13-18/h2-13H,1H3. The molecule has 0 bridgehead atoms. The van der Waals surface area contributed by atoms with Crippen LogP contribution >= 0.6 is 11.3 Å². The van der Waals surface area contributed by atoms with Crippen LogP contribution in [0.3, 0.4) is 0 Å². The summed E-state index contributed by atoms with van der Waals surface area (Å²) in [7, 11) is 0. The van der Waals surface area contributed by atoms with Gasteiger partial charge in [0.15, 0.2) is 17.5 Å². The van der Waals surface area contributed by atoms with Crippen molar-refractivity contribution in [1.82, 2.24) is 4.98 Å². The first-order valence-electron chi connectivity index (χ1n) is 10.6. The topological polar surface area (TPSA) is 22.1 Å². The first-order valence-corrected chi connectivity index (χ1v) is 11.4. The number of benzene rings is 4. The number of ether oxygens (including phenoxy) is 1. The Labute approximate surface area is 205 Å². The van der Waals surface area contributed by atoms with Crippen molar-refractivity contribution in [3.8, 4) is 27.4 Å². The largest absolute Gasteiger partial charge is 0.429 e. The molecule has 1 heterocycles. The maximum atomic E-state index is 14.7. The third kappa shape index (κ3) is 4.54. The second kappa shape index (κ2) is 8.98. The summed E-state index contributed by atoms with van der Waals surface area (Å²) in [6, 6.07) is 16.6. The van der Waals surface area contributed by atoms with E-state index in [1.807, 2.05) is 19.1 Å². The van der Waals surface area contributed by atoms with Gasteiger partial charge in [0.25, 0.3) is 0 Å². The van der Waals surface area contributed by atoms with Gasteiger partial charge in [0.2, 0.25) is 0 Å². The van der Waals surface area contributed by atoms with Gasteiger partial charge in [-0.15, -0.1) is 11.3 Å². The minimum Gasteiger partial charge on any atom is -0.429 e. The maximum Gasteiger partial charge on any atom is 0.429 e. The molecule has 0 fully saturated rings. The second-order valence-electron chi connectivity index (χ2n) is 8.08. The lowest BCUT2D eigenvalue weighted by Crippen LogP contribution is -2.23. The van der Waals surface area contributed by atoms with Crippen LogP contribution in [0.5, 0.6) is 5.75 Å². The fourth-order valence-corrected chi connectivity index (χ4v) is 4.75. The number of hydrogen-bond acceptors (Lipinski definition) is 3. The minimum atomic E-state index is -4.27. The van der Waals surface area contributed by atoms with E-state index in [2.05, 4.69) is 15.8 Å². The van der Waals surface area contributed by atoms with Crippen LogP contribution in [0.2, 0.25) is 0 Å². The third-order valence-corrected chi connectivity index (χ3v) is 6.56. The van der Waals surface area contributed by atoms with Gasteiger partial charge in [-0.2, -0.15) is 8.78 Å². The summed E-state index contributed by atoms with van der Waals surface area (Å²) in [6.45, 7) is 2.00. The van der Waals surface area contributed by atoms with Gasteiger partial charge in [-0.05, 0) is 47.9 Å². The maximum absolute atomic E-state index is 14.7. The number of alkyl halides is 2. The zero-order valence-electron chi connectivity index (χ0n) is 18.5. The molecule has 0 unspecified atom stereocenters. The smallest absolute Gasteiger partial charge is 0.429 e. The molecule has 2 nitrogen and oxygen atoms in total. The average Bonchev–Trinajstić information content (AvgIpc) is 3.25. The molecule has 5 aromatic rings. The zero-order valence-corrected chi connectivity index (χ0v) is 19.3. The van der Waals surface area contributed by atoms with Gasteiger partial charge < -0.3 is 4.74 Å². The Bertz CT molecular complexity index is 1570. The van der Waals surface area contributed by atoms with Gasteiger partial charge in [0.1, 0.15) is 16.6 Å². The van der Waals surface area contributed by atoms with Crippen molar-refractivity contribution in [3.63, 3.8) is 0 Å². The molecular weight excluding hydrogens is 500 g/mol. The lowest BCUT2D eigenvalue weighted by molar-refractivity contribution is -0.187. The quantitative estimate of drug-likeness (QED) is 0.173. The van der Waals surface area contributed by atoms with Gasteiger partial charge in [-0.3, -0.25) is 0 Å². The molecule has 0 saturated carbocycles. The average molecular weight is 515 g/mol. The highest BCUT2D eigenvalue weighted by molar-refractivity contribution is 7.21. The van der Waals surface area contributed by atoms with Crippen LogP contribution in [0.4, 0.5) is 26.3 Å². The van der Waals surface area contributed by atoms with E-state index in [4.69, 9.17) is 0 Å². The second-order valence-corrected chi connectivity index (χ2v) is 9.11. The fourth-order valence-electron chi connectivity index (χ4n) is 3.69. The first-order chi connectivity index (χ1) is 17.1. The molecule has 0 atom stereocenters. The summed E-state index contributed by atoms with van der Waals surface area (Å²) < 4.78 is 88.8. The summed E-state index contributed by atoms with van der Waals surface area (Å²) in [6.07, 6.45) is -4.27. The van der Waals surface area contributed by atoms with Crippen LogP contribution in [-0.4, -0.2) is 4.98 Å². The first kappa shape index (κ1) is 23.9. The summed E-state index contributed by atoms with van der Waals surface area (Å²) in [4.78, 5) is 4.62. The van der Waals surface area contributed by atoms with Gasteiger partial charge in [0.05, 0.1) is 15.8 Å². The highest BCUT2D eigenvalue weighted by atomic mass is 32.1. The highest BCUT2D eigenvalue weighted by Gasteiger charge is 2.38. The fraction of sp³-hybridized carbons (Fsp3) is 0.0741. The monoisotopic (exact) mass is 515 g/mol. The predicted molar refractivity (Wildman–Crippen MR) is 126 cm³/mol. The Kier molecular flexibility index (Phi) is 5.96. The molecule has 0 aliphatic rings. The summed E-state index contributed by atoms with van der Waals surface area (Å²) in [5, 5.41) is 0.814. The molecule has 9 heteroatoms. The molecule has 0 amide bonds. The zero-order chi connectivity index (χ0) is 25.6. The molecule has 0 N–H and O–H groups in total. The predicted octanol–water partition coefficient (Wildman–Crippen LogP) is 8.62. The summed E-state index contributed by atoms with van der Waals surface area (Å²) in [5.41, 5.74) is 2.64. The van der Waals surface area contributed by atoms with Crippen molar-refractivity contribution in [1.29, 1.82) is 0 Å². The SMILES string of the molecule is Cc1ccc2nc(-c3ccc(-c4ccc(C(F)(F)Oc5cc(F)c(F)c(F)c5)c(F)c4)cc3)sc2c1. The normalized spacial score (nSPS) is 11.8. The Hall–Kier alpha value is -3.85. The number of halogens is 6. The molecule has 182 valence electrons. The van der Waals surface area contributed by atoms with Gasteiger partial charge >= 0.3 is 6.11 Å². The number of thiazole rings is 1.